The molecule has 0 aliphatic heterocycles. The highest BCUT2D eigenvalue weighted by molar-refractivity contribution is 5.84. The Morgan fingerprint density at radius 2 is 1.90 bits per heavy atom. The second-order valence-corrected chi connectivity index (χ2v) is 4.68. The number of hydrogen-bond acceptors (Lipinski definition) is 3. The van der Waals surface area contributed by atoms with Crippen molar-refractivity contribution in [2.45, 2.75) is 6.10 Å². The third-order valence-corrected chi connectivity index (χ3v) is 3.47. The van der Waals surface area contributed by atoms with Gasteiger partial charge in [-0.3, -0.25) is 4.98 Å². The Labute approximate surface area is 121 Å². The van der Waals surface area contributed by atoms with Gasteiger partial charge in [0.1, 0.15) is 6.10 Å². The van der Waals surface area contributed by atoms with Crippen molar-refractivity contribution in [1.82, 2.24) is 4.98 Å². The molecule has 0 saturated carbocycles. The Kier molecular flexibility index (Phi) is 3.54. The van der Waals surface area contributed by atoms with Crippen LogP contribution < -0.4 is 4.74 Å². The predicted molar refractivity (Wildman–Crippen MR) is 78.8 cm³/mol. The van der Waals surface area contributed by atoms with Crippen LogP contribution in [0.3, 0.4) is 0 Å². The molecule has 4 heteroatoms. The van der Waals surface area contributed by atoms with Crippen LogP contribution in [-0.2, 0) is 0 Å². The second kappa shape index (κ2) is 5.50. The Balaban J connectivity index is 2.15. The Hall–Kier alpha value is -2.46. The summed E-state index contributed by atoms with van der Waals surface area (Å²) in [4.78, 5) is 4.22. The second-order valence-electron chi connectivity index (χ2n) is 4.68. The van der Waals surface area contributed by atoms with Gasteiger partial charge in [-0.2, -0.15) is 0 Å². The van der Waals surface area contributed by atoms with E-state index in [1.807, 2.05) is 30.3 Å². The van der Waals surface area contributed by atoms with Crippen LogP contribution in [0.15, 0.2) is 54.7 Å². The molecule has 0 bridgehead atoms. The van der Waals surface area contributed by atoms with Crippen molar-refractivity contribution in [3.05, 3.63) is 71.8 Å². The number of methoxy groups -OCH3 is 1. The van der Waals surface area contributed by atoms with Crippen LogP contribution in [0.4, 0.5) is 4.39 Å². The van der Waals surface area contributed by atoms with Crippen LogP contribution in [0.5, 0.6) is 5.75 Å². The van der Waals surface area contributed by atoms with Crippen molar-refractivity contribution in [2.75, 3.05) is 7.11 Å². The molecule has 21 heavy (non-hydrogen) atoms. The summed E-state index contributed by atoms with van der Waals surface area (Å²) in [6, 6.07) is 14.1. The van der Waals surface area contributed by atoms with Crippen molar-refractivity contribution in [2.24, 2.45) is 0 Å². The molecule has 0 spiro atoms. The molecule has 1 aromatic heterocycles. The molecule has 3 rings (SSSR count). The number of hydrogen-bond donors (Lipinski definition) is 1. The lowest BCUT2D eigenvalue weighted by Crippen LogP contribution is -2.06. The van der Waals surface area contributed by atoms with E-state index in [1.165, 1.54) is 19.2 Å². The van der Waals surface area contributed by atoms with E-state index < -0.39 is 11.9 Å². The lowest BCUT2D eigenvalue weighted by Gasteiger charge is -2.15. The molecule has 0 fully saturated rings. The fraction of sp³-hybridized carbons (Fsp3) is 0.118. The van der Waals surface area contributed by atoms with Gasteiger partial charge in [-0.1, -0.05) is 36.4 Å². The molecule has 1 N–H and O–H groups in total. The zero-order valence-corrected chi connectivity index (χ0v) is 11.5. The van der Waals surface area contributed by atoms with Crippen LogP contribution in [-0.4, -0.2) is 17.2 Å². The lowest BCUT2D eigenvalue weighted by atomic mass is 10.0. The molecule has 1 atom stereocenters. The minimum absolute atomic E-state index is 0.104. The van der Waals surface area contributed by atoms with E-state index in [0.717, 1.165) is 10.8 Å². The van der Waals surface area contributed by atoms with Gasteiger partial charge in [0, 0.05) is 17.1 Å². The standard InChI is InChI=1S/C17H14FNO2/c1-21-14-8-4-7-13(15(14)18)17(20)16-12-6-3-2-5-11(12)9-10-19-16/h2-10,17,20H,1H3. The number of fused-ring (bicyclic) bond motifs is 1. The molecule has 2 aromatic carbocycles. The first-order chi connectivity index (χ1) is 10.2. The third-order valence-electron chi connectivity index (χ3n) is 3.47. The van der Waals surface area contributed by atoms with Gasteiger partial charge >= 0.3 is 0 Å². The summed E-state index contributed by atoms with van der Waals surface area (Å²) < 4.78 is 19.2. The number of halogens is 1. The fourth-order valence-electron chi connectivity index (χ4n) is 2.40. The normalized spacial score (nSPS) is 12.3. The van der Waals surface area contributed by atoms with Crippen LogP contribution in [0.25, 0.3) is 10.8 Å². The minimum Gasteiger partial charge on any atom is -0.494 e. The Morgan fingerprint density at radius 1 is 1.10 bits per heavy atom. The van der Waals surface area contributed by atoms with Crippen molar-refractivity contribution >= 4 is 10.8 Å². The lowest BCUT2D eigenvalue weighted by molar-refractivity contribution is 0.210. The number of ether oxygens (including phenoxy) is 1. The first kappa shape index (κ1) is 13.5. The first-order valence-electron chi connectivity index (χ1n) is 6.56. The molecule has 106 valence electrons. The van der Waals surface area contributed by atoms with Gasteiger partial charge < -0.3 is 9.84 Å². The zero-order valence-electron chi connectivity index (χ0n) is 11.5. The summed E-state index contributed by atoms with van der Waals surface area (Å²) in [5.74, 6) is -0.464. The van der Waals surface area contributed by atoms with Gasteiger partial charge in [-0.05, 0) is 17.5 Å². The van der Waals surface area contributed by atoms with Crippen molar-refractivity contribution in [3.8, 4) is 5.75 Å². The SMILES string of the molecule is COc1cccc(C(O)c2nccc3ccccc23)c1F. The minimum atomic E-state index is -1.15. The number of aliphatic hydroxyl groups excluding tert-OH is 1. The number of nitrogens with zero attached hydrogens (tertiary/aromatic N) is 1. The summed E-state index contributed by atoms with van der Waals surface area (Å²) in [5.41, 5.74) is 0.582. The highest BCUT2D eigenvalue weighted by Crippen LogP contribution is 2.31. The molecule has 0 amide bonds. The highest BCUT2D eigenvalue weighted by atomic mass is 19.1. The average molecular weight is 283 g/mol. The molecular formula is C17H14FNO2. The maximum atomic E-state index is 14.3. The fourth-order valence-corrected chi connectivity index (χ4v) is 2.40. The average Bonchev–Trinajstić information content (AvgIpc) is 2.54. The molecule has 1 heterocycles. The van der Waals surface area contributed by atoms with Crippen molar-refractivity contribution in [1.29, 1.82) is 0 Å². The molecule has 0 aliphatic carbocycles. The third kappa shape index (κ3) is 2.34. The molecule has 0 aliphatic rings. The summed E-state index contributed by atoms with van der Waals surface area (Å²) in [6.45, 7) is 0. The van der Waals surface area contributed by atoms with Crippen LogP contribution in [0, 0.1) is 5.82 Å². The quantitative estimate of drug-likeness (QED) is 0.800. The van der Waals surface area contributed by atoms with Gasteiger partial charge in [0.25, 0.3) is 0 Å². The van der Waals surface area contributed by atoms with E-state index in [0.29, 0.717) is 5.69 Å². The van der Waals surface area contributed by atoms with Gasteiger partial charge in [-0.25, -0.2) is 4.39 Å². The number of rotatable bonds is 3. The molecule has 3 nitrogen and oxygen atoms in total. The van der Waals surface area contributed by atoms with Gasteiger partial charge in [0.15, 0.2) is 11.6 Å². The van der Waals surface area contributed by atoms with Gasteiger partial charge in [-0.15, -0.1) is 0 Å². The Morgan fingerprint density at radius 3 is 2.71 bits per heavy atom. The number of aromatic nitrogens is 1. The van der Waals surface area contributed by atoms with E-state index >= 15 is 0 Å². The smallest absolute Gasteiger partial charge is 0.171 e. The highest BCUT2D eigenvalue weighted by Gasteiger charge is 2.20. The monoisotopic (exact) mass is 283 g/mol. The van der Waals surface area contributed by atoms with E-state index in [4.69, 9.17) is 4.74 Å². The first-order valence-corrected chi connectivity index (χ1v) is 6.56. The summed E-state index contributed by atoms with van der Waals surface area (Å²) in [7, 11) is 1.39. The number of benzene rings is 2. The summed E-state index contributed by atoms with van der Waals surface area (Å²) in [6.07, 6.45) is 0.463. The summed E-state index contributed by atoms with van der Waals surface area (Å²) in [5, 5.41) is 12.3. The zero-order chi connectivity index (χ0) is 14.8. The number of pyridine rings is 1. The van der Waals surface area contributed by atoms with E-state index in [2.05, 4.69) is 4.98 Å². The molecule has 1 unspecified atom stereocenters. The maximum absolute atomic E-state index is 14.3. The van der Waals surface area contributed by atoms with Crippen LogP contribution in [0.1, 0.15) is 17.4 Å². The molecule has 0 radical (unpaired) electrons. The summed E-state index contributed by atoms with van der Waals surface area (Å²) >= 11 is 0. The molecule has 0 saturated heterocycles. The van der Waals surface area contributed by atoms with Crippen molar-refractivity contribution in [3.63, 3.8) is 0 Å². The van der Waals surface area contributed by atoms with Crippen molar-refractivity contribution < 1.29 is 14.2 Å². The van der Waals surface area contributed by atoms with Crippen LogP contribution in [0.2, 0.25) is 0 Å². The predicted octanol–water partition coefficient (Wildman–Crippen LogP) is 3.46. The van der Waals surface area contributed by atoms with Gasteiger partial charge in [0.05, 0.1) is 12.8 Å². The van der Waals surface area contributed by atoms with Gasteiger partial charge in [0.2, 0.25) is 0 Å². The number of aliphatic hydroxyl groups is 1. The molecular weight excluding hydrogens is 269 g/mol. The maximum Gasteiger partial charge on any atom is 0.171 e. The Bertz CT molecular complexity index is 783. The van der Waals surface area contributed by atoms with E-state index in [-0.39, 0.29) is 11.3 Å². The van der Waals surface area contributed by atoms with E-state index in [1.54, 1.807) is 12.3 Å². The molecule has 3 aromatic rings. The van der Waals surface area contributed by atoms with E-state index in [9.17, 15) is 9.50 Å². The van der Waals surface area contributed by atoms with Crippen LogP contribution >= 0.6 is 0 Å². The topological polar surface area (TPSA) is 42.4 Å². The largest absolute Gasteiger partial charge is 0.494 e.